The third-order valence-corrected chi connectivity index (χ3v) is 9.18. The molecular formula is C19H34O3Si. The molecule has 0 aromatic heterocycles. The Kier molecular flexibility index (Phi) is 6.44. The van der Waals surface area contributed by atoms with E-state index in [2.05, 4.69) is 39.9 Å². The smallest absolute Gasteiger partial charge is 0.316 e. The van der Waals surface area contributed by atoms with Gasteiger partial charge in [0.05, 0.1) is 17.8 Å². The summed E-state index contributed by atoms with van der Waals surface area (Å²) in [6, 6.07) is 0. The molecule has 0 N–H and O–H groups in total. The van der Waals surface area contributed by atoms with Crippen molar-refractivity contribution in [1.29, 1.82) is 0 Å². The summed E-state index contributed by atoms with van der Waals surface area (Å²) in [7, 11) is -1.75. The lowest BCUT2D eigenvalue weighted by atomic mass is 9.97. The Bertz CT molecular complexity index is 476. The van der Waals surface area contributed by atoms with Crippen molar-refractivity contribution in [3.8, 4) is 0 Å². The van der Waals surface area contributed by atoms with E-state index in [0.717, 1.165) is 19.3 Å². The summed E-state index contributed by atoms with van der Waals surface area (Å²) in [4.78, 5) is 11.8. The zero-order chi connectivity index (χ0) is 17.9. The Hall–Kier alpha value is -0.873. The van der Waals surface area contributed by atoms with Crippen LogP contribution in [0.25, 0.3) is 0 Å². The van der Waals surface area contributed by atoms with Crippen LogP contribution >= 0.6 is 0 Å². The summed E-state index contributed by atoms with van der Waals surface area (Å²) in [6.45, 7) is 16.9. The molecule has 1 aliphatic carbocycles. The average molecular weight is 339 g/mol. The van der Waals surface area contributed by atoms with E-state index in [-0.39, 0.29) is 17.1 Å². The molecule has 4 heteroatoms. The van der Waals surface area contributed by atoms with Crippen LogP contribution in [0.15, 0.2) is 24.0 Å². The highest BCUT2D eigenvalue weighted by Gasteiger charge is 2.39. The fraction of sp³-hybridized carbons (Fsp3) is 0.737. The SMILES string of the molecule is CC(C)(C)C(=O)O/C=C\C1=C[C@H](O[Si](C)(C)C(C)(C)C)CCC1. The van der Waals surface area contributed by atoms with Gasteiger partial charge in [-0.15, -0.1) is 0 Å². The molecule has 1 aliphatic rings. The van der Waals surface area contributed by atoms with Crippen molar-refractivity contribution in [3.05, 3.63) is 24.0 Å². The van der Waals surface area contributed by atoms with Crippen LogP contribution < -0.4 is 0 Å². The molecule has 132 valence electrons. The van der Waals surface area contributed by atoms with Gasteiger partial charge in [0.1, 0.15) is 0 Å². The summed E-state index contributed by atoms with van der Waals surface area (Å²) >= 11 is 0. The predicted octanol–water partition coefficient (Wildman–Crippen LogP) is 5.59. The first-order valence-electron chi connectivity index (χ1n) is 8.59. The van der Waals surface area contributed by atoms with Crippen LogP contribution in [0.5, 0.6) is 0 Å². The second-order valence-corrected chi connectivity index (χ2v) is 13.8. The van der Waals surface area contributed by atoms with Gasteiger partial charge in [-0.2, -0.15) is 0 Å². The molecule has 3 nitrogen and oxygen atoms in total. The number of hydrogen-bond acceptors (Lipinski definition) is 3. The summed E-state index contributed by atoms with van der Waals surface area (Å²) in [6.07, 6.45) is 9.02. The van der Waals surface area contributed by atoms with Crippen molar-refractivity contribution in [2.75, 3.05) is 0 Å². The molecule has 0 heterocycles. The average Bonchev–Trinajstić information content (AvgIpc) is 2.36. The van der Waals surface area contributed by atoms with E-state index in [1.54, 1.807) is 0 Å². The third kappa shape index (κ3) is 6.26. The van der Waals surface area contributed by atoms with Gasteiger partial charge in [0.15, 0.2) is 8.32 Å². The monoisotopic (exact) mass is 338 g/mol. The first kappa shape index (κ1) is 20.2. The van der Waals surface area contributed by atoms with Gasteiger partial charge in [-0.25, -0.2) is 0 Å². The lowest BCUT2D eigenvalue weighted by molar-refractivity contribution is -0.146. The quantitative estimate of drug-likeness (QED) is 0.381. The van der Waals surface area contributed by atoms with E-state index in [9.17, 15) is 4.79 Å². The Labute approximate surface area is 143 Å². The van der Waals surface area contributed by atoms with E-state index in [1.165, 1.54) is 11.8 Å². The minimum atomic E-state index is -1.75. The molecule has 0 saturated carbocycles. The van der Waals surface area contributed by atoms with Gasteiger partial charge in [0.25, 0.3) is 0 Å². The van der Waals surface area contributed by atoms with Crippen LogP contribution in [-0.2, 0) is 14.0 Å². The zero-order valence-electron chi connectivity index (χ0n) is 16.2. The van der Waals surface area contributed by atoms with Gasteiger partial charge in [0, 0.05) is 0 Å². The maximum atomic E-state index is 11.8. The number of carbonyl (C=O) groups is 1. The summed E-state index contributed by atoms with van der Waals surface area (Å²) in [5.41, 5.74) is 0.723. The lowest BCUT2D eigenvalue weighted by Crippen LogP contribution is -2.43. The third-order valence-electron chi connectivity index (χ3n) is 4.68. The Morgan fingerprint density at radius 1 is 1.22 bits per heavy atom. The molecule has 0 fully saturated rings. The van der Waals surface area contributed by atoms with E-state index in [0.29, 0.717) is 0 Å². The van der Waals surface area contributed by atoms with Gasteiger partial charge in [-0.05, 0) is 69.8 Å². The van der Waals surface area contributed by atoms with Crippen molar-refractivity contribution in [2.45, 2.75) is 85.0 Å². The van der Waals surface area contributed by atoms with Crippen LogP contribution in [0.2, 0.25) is 18.1 Å². The zero-order valence-corrected chi connectivity index (χ0v) is 17.2. The highest BCUT2D eigenvalue weighted by atomic mass is 28.4. The van der Waals surface area contributed by atoms with Gasteiger partial charge >= 0.3 is 5.97 Å². The molecule has 0 bridgehead atoms. The second-order valence-electron chi connectivity index (χ2n) is 9.01. The summed E-state index contributed by atoms with van der Waals surface area (Å²) in [5, 5.41) is 0.219. The van der Waals surface area contributed by atoms with Crippen molar-refractivity contribution < 1.29 is 14.0 Å². The van der Waals surface area contributed by atoms with Crippen LogP contribution in [-0.4, -0.2) is 20.4 Å². The molecule has 0 aromatic rings. The molecule has 1 atom stereocenters. The number of esters is 1. The van der Waals surface area contributed by atoms with E-state index in [4.69, 9.17) is 9.16 Å². The number of rotatable bonds is 4. The minimum Gasteiger partial charge on any atom is -0.434 e. The van der Waals surface area contributed by atoms with E-state index < -0.39 is 13.7 Å². The van der Waals surface area contributed by atoms with Crippen LogP contribution in [0.1, 0.15) is 60.8 Å². The maximum absolute atomic E-state index is 11.8. The fourth-order valence-corrected chi connectivity index (χ4v) is 3.36. The number of ether oxygens (including phenoxy) is 1. The summed E-state index contributed by atoms with van der Waals surface area (Å²) in [5.74, 6) is -0.209. The number of hydrogen-bond donors (Lipinski definition) is 0. The molecule has 0 aromatic carbocycles. The van der Waals surface area contributed by atoms with Crippen molar-refractivity contribution >= 4 is 14.3 Å². The van der Waals surface area contributed by atoms with Crippen molar-refractivity contribution in [3.63, 3.8) is 0 Å². The summed E-state index contributed by atoms with van der Waals surface area (Å²) < 4.78 is 11.7. The highest BCUT2D eigenvalue weighted by Crippen LogP contribution is 2.38. The molecule has 0 amide bonds. The van der Waals surface area contributed by atoms with Crippen LogP contribution in [0.3, 0.4) is 0 Å². The van der Waals surface area contributed by atoms with Crippen LogP contribution in [0.4, 0.5) is 0 Å². The molecule has 0 saturated heterocycles. The number of allylic oxidation sites excluding steroid dienone is 2. The predicted molar refractivity (Wildman–Crippen MR) is 98.7 cm³/mol. The molecule has 23 heavy (non-hydrogen) atoms. The molecule has 0 spiro atoms. The maximum Gasteiger partial charge on any atom is 0.316 e. The highest BCUT2D eigenvalue weighted by molar-refractivity contribution is 6.74. The Balaban J connectivity index is 2.68. The number of carbonyl (C=O) groups excluding carboxylic acids is 1. The first-order chi connectivity index (χ1) is 10.3. The lowest BCUT2D eigenvalue weighted by Gasteiger charge is -2.39. The normalized spacial score (nSPS) is 20.5. The fourth-order valence-electron chi connectivity index (χ4n) is 2.06. The Morgan fingerprint density at radius 3 is 2.35 bits per heavy atom. The largest absolute Gasteiger partial charge is 0.434 e. The Morgan fingerprint density at radius 2 is 1.83 bits per heavy atom. The van der Waals surface area contributed by atoms with Gasteiger partial charge in [-0.3, -0.25) is 4.79 Å². The minimum absolute atomic E-state index is 0.183. The van der Waals surface area contributed by atoms with Gasteiger partial charge in [-0.1, -0.05) is 26.8 Å². The first-order valence-corrected chi connectivity index (χ1v) is 11.5. The standard InChI is InChI=1S/C19H34O3Si/c1-18(2,3)17(20)21-13-12-15-10-9-11-16(14-15)22-23(7,8)19(4,5)6/h12-14,16H,9-11H2,1-8H3/b13-12-/t16-/m1/s1. The van der Waals surface area contributed by atoms with E-state index in [1.807, 2.05) is 26.8 Å². The molecule has 0 aliphatic heterocycles. The van der Waals surface area contributed by atoms with Gasteiger partial charge in [0.2, 0.25) is 0 Å². The van der Waals surface area contributed by atoms with Gasteiger partial charge < -0.3 is 9.16 Å². The molecular weight excluding hydrogens is 304 g/mol. The topological polar surface area (TPSA) is 35.5 Å². The van der Waals surface area contributed by atoms with Crippen molar-refractivity contribution in [1.82, 2.24) is 0 Å². The van der Waals surface area contributed by atoms with Crippen LogP contribution in [0, 0.1) is 5.41 Å². The molecule has 0 radical (unpaired) electrons. The van der Waals surface area contributed by atoms with Crippen molar-refractivity contribution in [2.24, 2.45) is 5.41 Å². The molecule has 0 unspecified atom stereocenters. The molecule has 1 rings (SSSR count). The second kappa shape index (κ2) is 7.35. The van der Waals surface area contributed by atoms with E-state index >= 15 is 0 Å².